The highest BCUT2D eigenvalue weighted by atomic mass is 16.5. The zero-order valence-corrected chi connectivity index (χ0v) is 15.8. The predicted octanol–water partition coefficient (Wildman–Crippen LogP) is 2.80. The molecule has 0 unspecified atom stereocenters. The van der Waals surface area contributed by atoms with Gasteiger partial charge in [0.15, 0.2) is 11.5 Å². The number of carbonyl (C=O) groups is 2. The molecule has 0 heterocycles. The third kappa shape index (κ3) is 5.85. The zero-order valence-electron chi connectivity index (χ0n) is 15.8. The maximum Gasteiger partial charge on any atom is 0.249 e. The highest BCUT2D eigenvalue weighted by Crippen LogP contribution is 2.26. The summed E-state index contributed by atoms with van der Waals surface area (Å²) < 4.78 is 10.4. The minimum atomic E-state index is -0.506. The van der Waals surface area contributed by atoms with Crippen LogP contribution in [0.15, 0.2) is 41.5 Å². The van der Waals surface area contributed by atoms with E-state index in [0.717, 1.165) is 11.1 Å². The topological polar surface area (TPSA) is 89.0 Å². The van der Waals surface area contributed by atoms with Crippen molar-refractivity contribution >= 4 is 23.7 Å². The summed E-state index contributed by atoms with van der Waals surface area (Å²) in [5.74, 6) is 0.247. The molecule has 0 spiro atoms. The van der Waals surface area contributed by atoms with Gasteiger partial charge in [-0.15, -0.1) is 0 Å². The van der Waals surface area contributed by atoms with Crippen molar-refractivity contribution in [1.29, 1.82) is 0 Å². The second kappa shape index (κ2) is 9.38. The first-order chi connectivity index (χ1) is 12.9. The average molecular weight is 369 g/mol. The molecule has 0 aliphatic rings. The van der Waals surface area contributed by atoms with Gasteiger partial charge in [-0.2, -0.15) is 5.10 Å². The normalized spacial score (nSPS) is 10.5. The van der Waals surface area contributed by atoms with Crippen LogP contribution in [0.3, 0.4) is 0 Å². The summed E-state index contributed by atoms with van der Waals surface area (Å²) in [6.07, 6.45) is 1.14. The van der Waals surface area contributed by atoms with Gasteiger partial charge in [0.1, 0.15) is 6.42 Å². The Labute approximate surface area is 158 Å². The quantitative estimate of drug-likeness (QED) is 0.446. The van der Waals surface area contributed by atoms with Gasteiger partial charge in [0.05, 0.1) is 20.4 Å². The number of nitrogens with one attached hydrogen (secondary N) is 2. The van der Waals surface area contributed by atoms with Crippen molar-refractivity contribution in [2.45, 2.75) is 20.3 Å². The van der Waals surface area contributed by atoms with E-state index >= 15 is 0 Å². The Morgan fingerprint density at radius 3 is 2.41 bits per heavy atom. The minimum absolute atomic E-state index is 0.323. The van der Waals surface area contributed by atoms with Crippen molar-refractivity contribution in [3.63, 3.8) is 0 Å². The third-order valence-electron chi connectivity index (χ3n) is 3.79. The van der Waals surface area contributed by atoms with Crippen molar-refractivity contribution < 1.29 is 19.1 Å². The Hall–Kier alpha value is -3.35. The molecule has 0 bridgehead atoms. The fourth-order valence-corrected chi connectivity index (χ4v) is 2.45. The van der Waals surface area contributed by atoms with E-state index in [0.29, 0.717) is 22.7 Å². The summed E-state index contributed by atoms with van der Waals surface area (Å²) in [4.78, 5) is 23.9. The first-order valence-electron chi connectivity index (χ1n) is 8.34. The summed E-state index contributed by atoms with van der Waals surface area (Å²) in [5, 5.41) is 6.58. The molecule has 7 heteroatoms. The number of anilines is 1. The Morgan fingerprint density at radius 2 is 1.74 bits per heavy atom. The molecule has 2 aromatic carbocycles. The van der Waals surface area contributed by atoms with Crippen LogP contribution in [-0.2, 0) is 9.59 Å². The molecule has 0 saturated heterocycles. The van der Waals surface area contributed by atoms with Crippen molar-refractivity contribution in [3.8, 4) is 11.5 Å². The summed E-state index contributed by atoms with van der Waals surface area (Å²) in [5.41, 5.74) is 5.78. The molecule has 2 N–H and O–H groups in total. The van der Waals surface area contributed by atoms with E-state index in [1.54, 1.807) is 25.3 Å². The Bertz CT molecular complexity index is 862. The number of amides is 2. The van der Waals surface area contributed by atoms with E-state index in [-0.39, 0.29) is 6.42 Å². The monoisotopic (exact) mass is 369 g/mol. The lowest BCUT2D eigenvalue weighted by Gasteiger charge is -2.08. The van der Waals surface area contributed by atoms with Gasteiger partial charge in [0, 0.05) is 5.69 Å². The van der Waals surface area contributed by atoms with Gasteiger partial charge in [-0.1, -0.05) is 17.7 Å². The van der Waals surface area contributed by atoms with Crippen molar-refractivity contribution in [2.24, 2.45) is 5.10 Å². The molecule has 0 radical (unpaired) electrons. The summed E-state index contributed by atoms with van der Waals surface area (Å²) in [7, 11) is 3.09. The zero-order chi connectivity index (χ0) is 19.8. The fourth-order valence-electron chi connectivity index (χ4n) is 2.45. The van der Waals surface area contributed by atoms with E-state index in [1.807, 2.05) is 32.0 Å². The number of hydrogen-bond donors (Lipinski definition) is 2. The Kier molecular flexibility index (Phi) is 6.93. The molecule has 27 heavy (non-hydrogen) atoms. The van der Waals surface area contributed by atoms with Crippen LogP contribution in [0.2, 0.25) is 0 Å². The second-order valence-electron chi connectivity index (χ2n) is 5.95. The van der Waals surface area contributed by atoms with Gasteiger partial charge >= 0.3 is 0 Å². The molecule has 0 saturated carbocycles. The smallest absolute Gasteiger partial charge is 0.249 e. The standard InChI is InChI=1S/C20H23N3O4/c1-13-5-7-16(14(2)9-13)22-19(24)11-20(25)23-21-12-15-6-8-17(26-3)18(10-15)27-4/h5-10,12H,11H2,1-4H3,(H,22,24)(H,23,25). The molecular formula is C20H23N3O4. The molecule has 2 aromatic rings. The van der Waals surface area contributed by atoms with Gasteiger partial charge in [0.2, 0.25) is 11.8 Å². The van der Waals surface area contributed by atoms with Crippen LogP contribution in [-0.4, -0.2) is 32.2 Å². The average Bonchev–Trinajstić information content (AvgIpc) is 2.63. The van der Waals surface area contributed by atoms with Crippen LogP contribution in [0.1, 0.15) is 23.1 Å². The SMILES string of the molecule is COc1ccc(C=NNC(=O)CC(=O)Nc2ccc(C)cc2C)cc1OC. The molecule has 2 amide bonds. The number of hydrazone groups is 1. The largest absolute Gasteiger partial charge is 0.493 e. The first kappa shape index (κ1) is 20.0. The number of carbonyl (C=O) groups excluding carboxylic acids is 2. The number of benzene rings is 2. The van der Waals surface area contributed by atoms with E-state index in [2.05, 4.69) is 15.8 Å². The maximum absolute atomic E-state index is 12.0. The van der Waals surface area contributed by atoms with Crippen molar-refractivity contribution in [2.75, 3.05) is 19.5 Å². The van der Waals surface area contributed by atoms with E-state index in [1.165, 1.54) is 13.3 Å². The van der Waals surface area contributed by atoms with Crippen molar-refractivity contribution in [3.05, 3.63) is 53.1 Å². The predicted molar refractivity (Wildman–Crippen MR) is 104 cm³/mol. The first-order valence-corrected chi connectivity index (χ1v) is 8.34. The van der Waals surface area contributed by atoms with E-state index in [4.69, 9.17) is 9.47 Å². The number of hydrogen-bond acceptors (Lipinski definition) is 5. The second-order valence-corrected chi connectivity index (χ2v) is 5.95. The van der Waals surface area contributed by atoms with Crippen molar-refractivity contribution in [1.82, 2.24) is 5.43 Å². The lowest BCUT2D eigenvalue weighted by molar-refractivity contribution is -0.126. The van der Waals surface area contributed by atoms with Gasteiger partial charge in [0.25, 0.3) is 0 Å². The highest BCUT2D eigenvalue weighted by Gasteiger charge is 2.10. The van der Waals surface area contributed by atoms with Crippen LogP contribution in [0.25, 0.3) is 0 Å². The lowest BCUT2D eigenvalue weighted by atomic mass is 10.1. The van der Waals surface area contributed by atoms with Gasteiger partial charge in [-0.05, 0) is 49.2 Å². The fraction of sp³-hybridized carbons (Fsp3) is 0.250. The van der Waals surface area contributed by atoms with Crippen LogP contribution in [0.5, 0.6) is 11.5 Å². The van der Waals surface area contributed by atoms with Gasteiger partial charge < -0.3 is 14.8 Å². The highest BCUT2D eigenvalue weighted by molar-refractivity contribution is 6.04. The molecule has 0 atom stereocenters. The van der Waals surface area contributed by atoms with Gasteiger partial charge in [-0.25, -0.2) is 5.43 Å². The number of aryl methyl sites for hydroxylation is 2. The summed E-state index contributed by atoms with van der Waals surface area (Å²) in [6, 6.07) is 10.9. The van der Waals surface area contributed by atoms with E-state index in [9.17, 15) is 9.59 Å². The molecule has 2 rings (SSSR count). The molecular weight excluding hydrogens is 346 g/mol. The number of methoxy groups -OCH3 is 2. The lowest BCUT2D eigenvalue weighted by Crippen LogP contribution is -2.24. The summed E-state index contributed by atoms with van der Waals surface area (Å²) >= 11 is 0. The Balaban J connectivity index is 1.88. The number of rotatable bonds is 7. The molecule has 0 aliphatic heterocycles. The molecule has 0 aliphatic carbocycles. The molecule has 7 nitrogen and oxygen atoms in total. The molecule has 142 valence electrons. The number of ether oxygens (including phenoxy) is 2. The Morgan fingerprint density at radius 1 is 1.00 bits per heavy atom. The van der Waals surface area contributed by atoms with Crippen LogP contribution in [0.4, 0.5) is 5.69 Å². The van der Waals surface area contributed by atoms with Crippen LogP contribution < -0.4 is 20.2 Å². The van der Waals surface area contributed by atoms with E-state index < -0.39 is 11.8 Å². The molecule has 0 fully saturated rings. The summed E-state index contributed by atoms with van der Waals surface area (Å²) in [6.45, 7) is 3.87. The minimum Gasteiger partial charge on any atom is -0.493 e. The maximum atomic E-state index is 12.0. The van der Waals surface area contributed by atoms with Crippen LogP contribution >= 0.6 is 0 Å². The third-order valence-corrected chi connectivity index (χ3v) is 3.79. The number of nitrogens with zero attached hydrogens (tertiary/aromatic N) is 1. The molecule has 0 aromatic heterocycles. The van der Waals surface area contributed by atoms with Crippen LogP contribution in [0, 0.1) is 13.8 Å². The van der Waals surface area contributed by atoms with Gasteiger partial charge in [-0.3, -0.25) is 9.59 Å².